The van der Waals surface area contributed by atoms with Gasteiger partial charge in [0.25, 0.3) is 0 Å². The van der Waals surface area contributed by atoms with Crippen LogP contribution in [0.5, 0.6) is 0 Å². The highest BCUT2D eigenvalue weighted by Gasteiger charge is 2.29. The summed E-state index contributed by atoms with van der Waals surface area (Å²) in [5.41, 5.74) is 10.5. The molecule has 0 aliphatic carbocycles. The summed E-state index contributed by atoms with van der Waals surface area (Å²) in [6.45, 7) is 3.51. The highest BCUT2D eigenvalue weighted by Crippen LogP contribution is 2.09. The largest absolute Gasteiger partial charge is 0.480 e. The first-order valence-electron chi connectivity index (χ1n) is 8.76. The number of nitrogens with one attached hydrogen (secondary N) is 3. The lowest BCUT2D eigenvalue weighted by Gasteiger charge is -2.25. The first kappa shape index (κ1) is 23.8. The molecule has 10 heteroatoms. The highest BCUT2D eigenvalue weighted by molar-refractivity contribution is 5.92. The van der Waals surface area contributed by atoms with Crippen molar-refractivity contribution in [1.82, 2.24) is 16.0 Å². The van der Waals surface area contributed by atoms with E-state index in [9.17, 15) is 24.3 Å². The summed E-state index contributed by atoms with van der Waals surface area (Å²) in [5.74, 6) is -2.97. The predicted molar refractivity (Wildman–Crippen MR) is 95.9 cm³/mol. The van der Waals surface area contributed by atoms with Gasteiger partial charge in [0.2, 0.25) is 17.7 Å². The number of hydrogen-bond acceptors (Lipinski definition) is 6. The molecule has 8 N–H and O–H groups in total. The number of carbonyl (C=O) groups excluding carboxylic acids is 3. The van der Waals surface area contributed by atoms with Crippen molar-refractivity contribution in [3.05, 3.63) is 0 Å². The minimum Gasteiger partial charge on any atom is -0.480 e. The van der Waals surface area contributed by atoms with Crippen LogP contribution in [0, 0.1) is 5.92 Å². The average Bonchev–Trinajstić information content (AvgIpc) is 2.62. The van der Waals surface area contributed by atoms with Crippen molar-refractivity contribution in [3.63, 3.8) is 0 Å². The van der Waals surface area contributed by atoms with Gasteiger partial charge in [-0.15, -0.1) is 0 Å². The van der Waals surface area contributed by atoms with Crippen LogP contribution >= 0.6 is 0 Å². The Morgan fingerprint density at radius 3 is 2.19 bits per heavy atom. The van der Waals surface area contributed by atoms with Crippen LogP contribution in [0.2, 0.25) is 0 Å². The minimum atomic E-state index is -1.14. The van der Waals surface area contributed by atoms with Gasteiger partial charge in [-0.25, -0.2) is 4.79 Å². The molecule has 3 unspecified atom stereocenters. The Balaban J connectivity index is 4.87. The normalized spacial score (nSPS) is 14.0. The van der Waals surface area contributed by atoms with Gasteiger partial charge in [-0.3, -0.25) is 14.4 Å². The molecule has 0 saturated heterocycles. The third-order valence-corrected chi connectivity index (χ3v) is 4.00. The molecule has 0 aliphatic heterocycles. The van der Waals surface area contributed by atoms with Crippen LogP contribution in [0.15, 0.2) is 0 Å². The Labute approximate surface area is 153 Å². The van der Waals surface area contributed by atoms with E-state index in [4.69, 9.17) is 11.5 Å². The van der Waals surface area contributed by atoms with Crippen molar-refractivity contribution < 1.29 is 24.3 Å². The summed E-state index contributed by atoms with van der Waals surface area (Å²) in [7, 11) is 0. The topological polar surface area (TPSA) is 177 Å². The molecular weight excluding hydrogens is 342 g/mol. The fraction of sp³-hybridized carbons (Fsp3) is 0.750. The minimum absolute atomic E-state index is 0.220. The first-order chi connectivity index (χ1) is 12.3. The lowest BCUT2D eigenvalue weighted by molar-refractivity contribution is -0.142. The second kappa shape index (κ2) is 13.1. The van der Waals surface area contributed by atoms with Gasteiger partial charge in [0.05, 0.1) is 13.1 Å². The van der Waals surface area contributed by atoms with Gasteiger partial charge < -0.3 is 32.5 Å². The predicted octanol–water partition coefficient (Wildman–Crippen LogP) is -1.71. The van der Waals surface area contributed by atoms with E-state index >= 15 is 0 Å². The third-order valence-electron chi connectivity index (χ3n) is 4.00. The molecule has 26 heavy (non-hydrogen) atoms. The molecule has 0 aromatic heterocycles. The van der Waals surface area contributed by atoms with E-state index < -0.39 is 35.8 Å². The van der Waals surface area contributed by atoms with Gasteiger partial charge in [-0.2, -0.15) is 0 Å². The van der Waals surface area contributed by atoms with Gasteiger partial charge in [0, 0.05) is 0 Å². The number of rotatable bonds is 13. The van der Waals surface area contributed by atoms with Gasteiger partial charge >= 0.3 is 5.97 Å². The van der Waals surface area contributed by atoms with Crippen molar-refractivity contribution in [1.29, 1.82) is 0 Å². The van der Waals surface area contributed by atoms with Crippen molar-refractivity contribution in [2.24, 2.45) is 17.4 Å². The molecule has 3 atom stereocenters. The zero-order chi connectivity index (χ0) is 20.1. The number of nitrogens with two attached hydrogens (primary N) is 2. The van der Waals surface area contributed by atoms with Gasteiger partial charge in [-0.05, 0) is 31.7 Å². The smallest absolute Gasteiger partial charge is 0.326 e. The lowest BCUT2D eigenvalue weighted by Crippen LogP contribution is -2.55. The van der Waals surface area contributed by atoms with E-state index in [0.29, 0.717) is 25.8 Å². The molecule has 0 fully saturated rings. The molecule has 0 bridgehead atoms. The first-order valence-corrected chi connectivity index (χ1v) is 8.76. The van der Waals surface area contributed by atoms with Gasteiger partial charge in [0.1, 0.15) is 12.1 Å². The Morgan fingerprint density at radius 2 is 1.69 bits per heavy atom. The van der Waals surface area contributed by atoms with Crippen LogP contribution in [0.1, 0.15) is 39.5 Å². The number of carboxylic acids is 1. The van der Waals surface area contributed by atoms with Crippen LogP contribution in [-0.4, -0.2) is 60.5 Å². The monoisotopic (exact) mass is 373 g/mol. The maximum absolute atomic E-state index is 12.5. The summed E-state index contributed by atoms with van der Waals surface area (Å²) < 4.78 is 0. The zero-order valence-electron chi connectivity index (χ0n) is 15.4. The maximum Gasteiger partial charge on any atom is 0.326 e. The number of hydrogen-bond donors (Lipinski definition) is 6. The van der Waals surface area contributed by atoms with Gasteiger partial charge in [-0.1, -0.05) is 20.3 Å². The van der Waals surface area contributed by atoms with E-state index in [-0.39, 0.29) is 25.4 Å². The van der Waals surface area contributed by atoms with E-state index in [1.54, 1.807) is 6.92 Å². The van der Waals surface area contributed by atoms with Crippen molar-refractivity contribution in [2.75, 3.05) is 19.6 Å². The molecule has 3 amide bonds. The molecule has 0 heterocycles. The molecule has 150 valence electrons. The molecule has 0 radical (unpaired) electrons. The summed E-state index contributed by atoms with van der Waals surface area (Å²) in [6, 6.07) is -1.95. The molecule has 0 aromatic rings. The molecule has 0 aliphatic rings. The van der Waals surface area contributed by atoms with E-state index in [0.717, 1.165) is 0 Å². The molecule has 0 aromatic carbocycles. The molecule has 10 nitrogen and oxygen atoms in total. The number of aliphatic carboxylic acids is 1. The fourth-order valence-corrected chi connectivity index (χ4v) is 2.19. The average molecular weight is 373 g/mol. The Morgan fingerprint density at radius 1 is 1.04 bits per heavy atom. The van der Waals surface area contributed by atoms with Crippen molar-refractivity contribution in [3.8, 4) is 0 Å². The van der Waals surface area contributed by atoms with E-state index in [1.165, 1.54) is 0 Å². The zero-order valence-corrected chi connectivity index (χ0v) is 15.4. The van der Waals surface area contributed by atoms with E-state index in [1.807, 2.05) is 6.92 Å². The summed E-state index contributed by atoms with van der Waals surface area (Å²) in [4.78, 5) is 46.9. The standard InChI is InChI=1S/C16H31N5O5/c1-3-10(2)14(21-13(23)9-19-12(22)8-18)15(24)20-11(16(25)26)6-4-5-7-17/h10-11,14H,3-9,17-18H2,1-2H3,(H,19,22)(H,20,24)(H,21,23)(H,25,26). The summed E-state index contributed by atoms with van der Waals surface area (Å²) >= 11 is 0. The van der Waals surface area contributed by atoms with Gasteiger partial charge in [0.15, 0.2) is 0 Å². The molecule has 0 saturated carbocycles. The van der Waals surface area contributed by atoms with E-state index in [2.05, 4.69) is 16.0 Å². The van der Waals surface area contributed by atoms with Crippen LogP contribution in [0.4, 0.5) is 0 Å². The van der Waals surface area contributed by atoms with Crippen molar-refractivity contribution >= 4 is 23.7 Å². The lowest BCUT2D eigenvalue weighted by atomic mass is 9.97. The Bertz CT molecular complexity index is 486. The molecule has 0 rings (SSSR count). The van der Waals surface area contributed by atoms with Crippen LogP contribution < -0.4 is 27.4 Å². The second-order valence-corrected chi connectivity index (χ2v) is 6.10. The molecular formula is C16H31N5O5. The van der Waals surface area contributed by atoms with Crippen molar-refractivity contribution in [2.45, 2.75) is 51.6 Å². The highest BCUT2D eigenvalue weighted by atomic mass is 16.4. The number of amides is 3. The number of carbonyl (C=O) groups is 4. The SMILES string of the molecule is CCC(C)C(NC(=O)CNC(=O)CN)C(=O)NC(CCCCN)C(=O)O. The quantitative estimate of drug-likeness (QED) is 0.208. The number of carboxylic acid groups (broad SMARTS) is 1. The number of unbranched alkanes of at least 4 members (excludes halogenated alkanes) is 1. The Kier molecular flexibility index (Phi) is 12.0. The fourth-order valence-electron chi connectivity index (χ4n) is 2.19. The third kappa shape index (κ3) is 9.33. The summed E-state index contributed by atoms with van der Waals surface area (Å²) in [6.07, 6.45) is 2.08. The summed E-state index contributed by atoms with van der Waals surface area (Å²) in [5, 5.41) is 16.6. The Hall–Kier alpha value is -2.20. The van der Waals surface area contributed by atoms with Crippen LogP contribution in [-0.2, 0) is 19.2 Å². The molecule has 0 spiro atoms. The second-order valence-electron chi connectivity index (χ2n) is 6.10. The van der Waals surface area contributed by atoms with Crippen LogP contribution in [0.25, 0.3) is 0 Å². The maximum atomic E-state index is 12.5. The van der Waals surface area contributed by atoms with Crippen LogP contribution in [0.3, 0.4) is 0 Å².